The molecule has 2 aromatic carbocycles. The fraction of sp³-hybridized carbons (Fsp3) is 0.0625. The zero-order valence-corrected chi connectivity index (χ0v) is 12.4. The minimum atomic E-state index is -0.343. The third-order valence-electron chi connectivity index (χ3n) is 3.31. The molecule has 0 unspecified atom stereocenters. The van der Waals surface area contributed by atoms with Crippen LogP contribution in [0.3, 0.4) is 0 Å². The molecule has 2 N–H and O–H groups in total. The first-order valence-corrected chi connectivity index (χ1v) is 6.98. The van der Waals surface area contributed by atoms with Gasteiger partial charge in [-0.05, 0) is 37.3 Å². The Balaban J connectivity index is 1.96. The van der Waals surface area contributed by atoms with E-state index in [0.29, 0.717) is 22.0 Å². The van der Waals surface area contributed by atoms with Crippen LogP contribution in [-0.4, -0.2) is 16.1 Å². The van der Waals surface area contributed by atoms with E-state index >= 15 is 0 Å². The van der Waals surface area contributed by atoms with Crippen LogP contribution in [0.2, 0.25) is 5.15 Å². The molecule has 6 heteroatoms. The van der Waals surface area contributed by atoms with Crippen molar-refractivity contribution in [3.05, 3.63) is 69.1 Å². The summed E-state index contributed by atoms with van der Waals surface area (Å²) in [5, 5.41) is 9.79. The number of fused-ring (bicyclic) bond motifs is 1. The molecule has 0 aliphatic rings. The van der Waals surface area contributed by atoms with Crippen molar-refractivity contribution in [3.8, 4) is 0 Å². The molecule has 0 atom stereocenters. The van der Waals surface area contributed by atoms with Gasteiger partial charge in [-0.25, -0.2) is 5.10 Å². The highest BCUT2D eigenvalue weighted by Gasteiger charge is 2.10. The molecule has 1 heterocycles. The van der Waals surface area contributed by atoms with Crippen LogP contribution in [0.1, 0.15) is 15.9 Å². The molecule has 0 saturated heterocycles. The average Bonchev–Trinajstić information content (AvgIpc) is 2.53. The number of halogens is 1. The van der Waals surface area contributed by atoms with Crippen molar-refractivity contribution in [1.29, 1.82) is 0 Å². The molecule has 22 heavy (non-hydrogen) atoms. The summed E-state index contributed by atoms with van der Waals surface area (Å²) in [5.74, 6) is -0.276. The topological polar surface area (TPSA) is 74.8 Å². The zero-order chi connectivity index (χ0) is 15.7. The van der Waals surface area contributed by atoms with Crippen LogP contribution < -0.4 is 10.9 Å². The van der Waals surface area contributed by atoms with Crippen molar-refractivity contribution >= 4 is 34.0 Å². The highest BCUT2D eigenvalue weighted by atomic mass is 35.5. The lowest BCUT2D eigenvalue weighted by Crippen LogP contribution is -2.13. The van der Waals surface area contributed by atoms with E-state index in [1.54, 1.807) is 18.2 Å². The molecule has 0 aliphatic carbocycles. The third kappa shape index (κ3) is 2.71. The molecule has 5 nitrogen and oxygen atoms in total. The van der Waals surface area contributed by atoms with E-state index in [4.69, 9.17) is 11.6 Å². The first-order chi connectivity index (χ1) is 10.5. The highest BCUT2D eigenvalue weighted by molar-refractivity contribution is 6.34. The van der Waals surface area contributed by atoms with Gasteiger partial charge >= 0.3 is 0 Å². The van der Waals surface area contributed by atoms with Crippen molar-refractivity contribution in [2.45, 2.75) is 6.92 Å². The number of benzene rings is 2. The van der Waals surface area contributed by atoms with Crippen LogP contribution in [0, 0.1) is 6.92 Å². The maximum absolute atomic E-state index is 12.3. The summed E-state index contributed by atoms with van der Waals surface area (Å²) in [6.07, 6.45) is 0. The lowest BCUT2D eigenvalue weighted by atomic mass is 10.1. The van der Waals surface area contributed by atoms with Crippen molar-refractivity contribution in [2.75, 3.05) is 5.32 Å². The Morgan fingerprint density at radius 2 is 1.86 bits per heavy atom. The second kappa shape index (κ2) is 5.61. The molecule has 1 aromatic heterocycles. The Morgan fingerprint density at radius 3 is 2.59 bits per heavy atom. The molecule has 0 radical (unpaired) electrons. The number of anilines is 1. The molecule has 0 fully saturated rings. The smallest absolute Gasteiger partial charge is 0.272 e. The number of aromatic nitrogens is 2. The minimum Gasteiger partial charge on any atom is -0.322 e. The fourth-order valence-corrected chi connectivity index (χ4v) is 2.31. The van der Waals surface area contributed by atoms with Gasteiger partial charge in [-0.1, -0.05) is 29.3 Å². The summed E-state index contributed by atoms with van der Waals surface area (Å²) in [6.45, 7) is 1.97. The minimum absolute atomic E-state index is 0.152. The maximum atomic E-state index is 12.3. The summed E-state index contributed by atoms with van der Waals surface area (Å²) >= 11 is 5.97. The molecule has 110 valence electrons. The summed E-state index contributed by atoms with van der Waals surface area (Å²) in [4.78, 5) is 23.9. The van der Waals surface area contributed by atoms with Gasteiger partial charge in [0.05, 0.1) is 5.39 Å². The molecule has 0 spiro atoms. The number of nitrogens with one attached hydrogen (secondary N) is 2. The van der Waals surface area contributed by atoms with Gasteiger partial charge in [0, 0.05) is 16.6 Å². The Kier molecular flexibility index (Phi) is 3.65. The van der Waals surface area contributed by atoms with Gasteiger partial charge in [0.2, 0.25) is 0 Å². The Bertz CT molecular complexity index is 917. The normalized spacial score (nSPS) is 10.6. The number of carbonyl (C=O) groups excluding carboxylic acids is 1. The lowest BCUT2D eigenvalue weighted by molar-refractivity contribution is 0.102. The van der Waals surface area contributed by atoms with E-state index in [9.17, 15) is 9.59 Å². The van der Waals surface area contributed by atoms with Crippen LogP contribution in [-0.2, 0) is 0 Å². The van der Waals surface area contributed by atoms with Gasteiger partial charge in [-0.3, -0.25) is 9.59 Å². The molecule has 3 rings (SSSR count). The van der Waals surface area contributed by atoms with E-state index in [2.05, 4.69) is 15.5 Å². The van der Waals surface area contributed by atoms with Crippen LogP contribution in [0.15, 0.2) is 47.3 Å². The number of aromatic amines is 1. The van der Waals surface area contributed by atoms with E-state index in [-0.39, 0.29) is 16.6 Å². The number of hydrogen-bond acceptors (Lipinski definition) is 3. The van der Waals surface area contributed by atoms with E-state index in [1.165, 1.54) is 0 Å². The maximum Gasteiger partial charge on any atom is 0.272 e. The molecule has 3 aromatic rings. The predicted octanol–water partition coefficient (Wildman–Crippen LogP) is 3.14. The summed E-state index contributed by atoms with van der Waals surface area (Å²) < 4.78 is 0. The van der Waals surface area contributed by atoms with Crippen LogP contribution in [0.4, 0.5) is 5.69 Å². The molecule has 1 amide bonds. The third-order valence-corrected chi connectivity index (χ3v) is 3.60. The first kappa shape index (κ1) is 14.3. The molecular weight excluding hydrogens is 302 g/mol. The Morgan fingerprint density at radius 1 is 1.14 bits per heavy atom. The Hall–Kier alpha value is -2.66. The predicted molar refractivity (Wildman–Crippen MR) is 86.5 cm³/mol. The number of H-pyrrole nitrogens is 1. The number of aryl methyl sites for hydroxylation is 1. The number of nitrogens with zero attached hydrogens (tertiary/aromatic N) is 1. The average molecular weight is 314 g/mol. The second-order valence-corrected chi connectivity index (χ2v) is 5.28. The monoisotopic (exact) mass is 313 g/mol. The first-order valence-electron chi connectivity index (χ1n) is 6.60. The van der Waals surface area contributed by atoms with Gasteiger partial charge in [-0.15, -0.1) is 0 Å². The zero-order valence-electron chi connectivity index (χ0n) is 11.7. The van der Waals surface area contributed by atoms with E-state index < -0.39 is 0 Å². The number of carbonyl (C=O) groups is 1. The van der Waals surface area contributed by atoms with E-state index in [1.807, 2.05) is 31.2 Å². The quantitative estimate of drug-likeness (QED) is 0.763. The number of rotatable bonds is 2. The second-order valence-electron chi connectivity index (χ2n) is 4.92. The number of hydrogen-bond donors (Lipinski definition) is 2. The summed E-state index contributed by atoms with van der Waals surface area (Å²) in [7, 11) is 0. The molecular formula is C16H12ClN3O2. The van der Waals surface area contributed by atoms with Crippen molar-refractivity contribution in [1.82, 2.24) is 10.2 Å². The van der Waals surface area contributed by atoms with Crippen molar-refractivity contribution in [2.24, 2.45) is 0 Å². The van der Waals surface area contributed by atoms with Gasteiger partial charge in [-0.2, -0.15) is 5.10 Å². The van der Waals surface area contributed by atoms with E-state index in [0.717, 1.165) is 5.56 Å². The summed E-state index contributed by atoms with van der Waals surface area (Å²) in [5.41, 5.74) is 1.87. The lowest BCUT2D eigenvalue weighted by Gasteiger charge is -2.07. The molecule has 0 bridgehead atoms. The standard InChI is InChI=1S/C16H12ClN3O2/c1-9-2-5-11(6-3-9)18-15(21)10-4-7-12-13(8-10)14(17)19-20-16(12)22/h2-8H,1H3,(H,18,21)(H,20,22). The van der Waals surface area contributed by atoms with Gasteiger partial charge < -0.3 is 5.32 Å². The van der Waals surface area contributed by atoms with Crippen LogP contribution in [0.5, 0.6) is 0 Å². The van der Waals surface area contributed by atoms with Crippen LogP contribution in [0.25, 0.3) is 10.8 Å². The fourth-order valence-electron chi connectivity index (χ4n) is 2.11. The Labute approximate surface area is 130 Å². The molecule has 0 aliphatic heterocycles. The van der Waals surface area contributed by atoms with Gasteiger partial charge in [0.25, 0.3) is 11.5 Å². The number of amides is 1. The summed E-state index contributed by atoms with van der Waals surface area (Å²) in [6, 6.07) is 12.2. The van der Waals surface area contributed by atoms with Gasteiger partial charge in [0.15, 0.2) is 5.15 Å². The molecule has 0 saturated carbocycles. The van der Waals surface area contributed by atoms with Crippen molar-refractivity contribution in [3.63, 3.8) is 0 Å². The largest absolute Gasteiger partial charge is 0.322 e. The highest BCUT2D eigenvalue weighted by Crippen LogP contribution is 2.20. The SMILES string of the molecule is Cc1ccc(NC(=O)c2ccc3c(=O)[nH]nc(Cl)c3c2)cc1. The van der Waals surface area contributed by atoms with Crippen molar-refractivity contribution < 1.29 is 4.79 Å². The van der Waals surface area contributed by atoms with Gasteiger partial charge in [0.1, 0.15) is 0 Å². The van der Waals surface area contributed by atoms with Crippen LogP contribution >= 0.6 is 11.6 Å².